The second kappa shape index (κ2) is 8.59. The Hall–Kier alpha value is -2.00. The van der Waals surface area contributed by atoms with Crippen molar-refractivity contribution in [1.82, 2.24) is 4.90 Å². The lowest BCUT2D eigenvalue weighted by atomic mass is 10.2. The first kappa shape index (κ1) is 18.8. The summed E-state index contributed by atoms with van der Waals surface area (Å²) in [5.74, 6) is 0.903. The van der Waals surface area contributed by atoms with E-state index in [2.05, 4.69) is 22.6 Å². The molecule has 0 spiro atoms. The smallest absolute Gasteiger partial charge is 0.293 e. The Balaban J connectivity index is 1.65. The van der Waals surface area contributed by atoms with Crippen LogP contribution in [-0.2, 0) is 4.79 Å². The topological polar surface area (TPSA) is 55.8 Å². The van der Waals surface area contributed by atoms with E-state index in [-0.39, 0.29) is 24.3 Å². The van der Waals surface area contributed by atoms with Crippen molar-refractivity contribution in [2.45, 2.75) is 0 Å². The van der Waals surface area contributed by atoms with E-state index >= 15 is 0 Å². The number of ether oxygens (including phenoxy) is 2. The molecule has 0 unspecified atom stereocenters. The van der Waals surface area contributed by atoms with E-state index < -0.39 is 0 Å². The second-order valence-corrected chi connectivity index (χ2v) is 7.51. The van der Waals surface area contributed by atoms with E-state index in [9.17, 15) is 9.59 Å². The van der Waals surface area contributed by atoms with Gasteiger partial charge in [0.2, 0.25) is 0 Å². The molecule has 134 valence electrons. The molecule has 0 aliphatic carbocycles. The molecule has 5 nitrogen and oxygen atoms in total. The highest BCUT2D eigenvalue weighted by Gasteiger charge is 2.34. The summed E-state index contributed by atoms with van der Waals surface area (Å²) in [5, 5.41) is -0.282. The molecule has 2 aromatic carbocycles. The lowest BCUT2D eigenvalue weighted by molar-refractivity contribution is -0.123. The SMILES string of the molecule is COc1ccccc1OCCN1C(=O)S/C(=C\c2ccccc2I)C1=O. The van der Waals surface area contributed by atoms with Crippen molar-refractivity contribution in [1.29, 1.82) is 0 Å². The predicted octanol–water partition coefficient (Wildman–Crippen LogP) is 4.42. The molecule has 0 saturated carbocycles. The Morgan fingerprint density at radius 1 is 1.08 bits per heavy atom. The molecule has 2 aromatic rings. The van der Waals surface area contributed by atoms with E-state index in [1.807, 2.05) is 36.4 Å². The lowest BCUT2D eigenvalue weighted by Crippen LogP contribution is -2.32. The van der Waals surface area contributed by atoms with Gasteiger partial charge in [-0.15, -0.1) is 0 Å². The van der Waals surface area contributed by atoms with Gasteiger partial charge in [0.05, 0.1) is 18.6 Å². The second-order valence-electron chi connectivity index (χ2n) is 5.35. The fourth-order valence-electron chi connectivity index (χ4n) is 2.41. The van der Waals surface area contributed by atoms with Gasteiger partial charge in [-0.05, 0) is 64.2 Å². The maximum absolute atomic E-state index is 12.5. The summed E-state index contributed by atoms with van der Waals surface area (Å²) in [5.41, 5.74) is 0.920. The molecule has 3 rings (SSSR count). The van der Waals surface area contributed by atoms with Crippen molar-refractivity contribution in [2.75, 3.05) is 20.3 Å². The maximum atomic E-state index is 12.5. The third-order valence-corrected chi connectivity index (χ3v) is 5.60. The number of methoxy groups -OCH3 is 1. The first-order valence-corrected chi connectivity index (χ1v) is 9.75. The minimum Gasteiger partial charge on any atom is -0.493 e. The summed E-state index contributed by atoms with van der Waals surface area (Å²) in [6.45, 7) is 0.389. The summed E-state index contributed by atoms with van der Waals surface area (Å²) in [4.78, 5) is 26.3. The summed E-state index contributed by atoms with van der Waals surface area (Å²) >= 11 is 3.16. The molecule has 2 amide bonds. The molecule has 0 aromatic heterocycles. The zero-order valence-corrected chi connectivity index (χ0v) is 17.0. The molecule has 1 aliphatic rings. The number of carbonyl (C=O) groups excluding carboxylic acids is 2. The number of benzene rings is 2. The maximum Gasteiger partial charge on any atom is 0.293 e. The number of nitrogens with zero attached hydrogens (tertiary/aromatic N) is 1. The van der Waals surface area contributed by atoms with Crippen LogP contribution in [0, 0.1) is 3.57 Å². The Labute approximate surface area is 169 Å². The van der Waals surface area contributed by atoms with Gasteiger partial charge in [-0.25, -0.2) is 0 Å². The number of carbonyl (C=O) groups is 2. The van der Waals surface area contributed by atoms with Crippen molar-refractivity contribution in [2.24, 2.45) is 0 Å². The van der Waals surface area contributed by atoms with Crippen molar-refractivity contribution in [3.8, 4) is 11.5 Å². The van der Waals surface area contributed by atoms with Gasteiger partial charge in [-0.2, -0.15) is 0 Å². The molecule has 26 heavy (non-hydrogen) atoms. The highest BCUT2D eigenvalue weighted by atomic mass is 127. The van der Waals surface area contributed by atoms with Crippen LogP contribution in [0.1, 0.15) is 5.56 Å². The molecular formula is C19H16INO4S. The van der Waals surface area contributed by atoms with Gasteiger partial charge in [0.25, 0.3) is 11.1 Å². The van der Waals surface area contributed by atoms with Crippen LogP contribution in [0.2, 0.25) is 0 Å². The van der Waals surface area contributed by atoms with Crippen LogP contribution < -0.4 is 9.47 Å². The Morgan fingerprint density at radius 3 is 2.50 bits per heavy atom. The molecular weight excluding hydrogens is 465 g/mol. The summed E-state index contributed by atoms with van der Waals surface area (Å²) in [6.07, 6.45) is 1.76. The number of thioether (sulfide) groups is 1. The minimum atomic E-state index is -0.289. The van der Waals surface area contributed by atoms with E-state index in [1.165, 1.54) is 4.90 Å². The number of hydrogen-bond acceptors (Lipinski definition) is 5. The van der Waals surface area contributed by atoms with Gasteiger partial charge >= 0.3 is 0 Å². The standard InChI is InChI=1S/C19H16INO4S/c1-24-15-8-4-5-9-16(15)25-11-10-21-18(22)17(26-19(21)23)12-13-6-2-3-7-14(13)20/h2-9,12H,10-11H2,1H3/b17-12-. The fraction of sp³-hybridized carbons (Fsp3) is 0.158. The number of imide groups is 1. The zero-order chi connectivity index (χ0) is 18.5. The number of amides is 2. The molecule has 0 radical (unpaired) electrons. The van der Waals surface area contributed by atoms with Crippen molar-refractivity contribution < 1.29 is 19.1 Å². The van der Waals surface area contributed by atoms with E-state index in [0.717, 1.165) is 20.9 Å². The Bertz CT molecular complexity index is 868. The largest absolute Gasteiger partial charge is 0.493 e. The van der Waals surface area contributed by atoms with Crippen LogP contribution >= 0.6 is 34.4 Å². The number of hydrogen-bond donors (Lipinski definition) is 0. The summed E-state index contributed by atoms with van der Waals surface area (Å²) in [6, 6.07) is 15.0. The fourth-order valence-corrected chi connectivity index (χ4v) is 3.81. The number of rotatable bonds is 6. The third kappa shape index (κ3) is 4.21. The average Bonchev–Trinajstić information content (AvgIpc) is 2.91. The predicted molar refractivity (Wildman–Crippen MR) is 110 cm³/mol. The van der Waals surface area contributed by atoms with Crippen molar-refractivity contribution >= 4 is 51.6 Å². The molecule has 7 heteroatoms. The van der Waals surface area contributed by atoms with Crippen LogP contribution in [0.5, 0.6) is 11.5 Å². The molecule has 1 saturated heterocycles. The first-order chi connectivity index (χ1) is 12.6. The van der Waals surface area contributed by atoms with Gasteiger partial charge in [0.15, 0.2) is 11.5 Å². The Kier molecular flexibility index (Phi) is 6.20. The van der Waals surface area contributed by atoms with Gasteiger partial charge in [-0.3, -0.25) is 14.5 Å². The lowest BCUT2D eigenvalue weighted by Gasteiger charge is -2.14. The molecule has 0 bridgehead atoms. The van der Waals surface area contributed by atoms with Crippen molar-refractivity contribution in [3.05, 3.63) is 62.6 Å². The van der Waals surface area contributed by atoms with Crippen LogP contribution in [0.3, 0.4) is 0 Å². The summed E-state index contributed by atoms with van der Waals surface area (Å²) in [7, 11) is 1.56. The number of halogens is 1. The van der Waals surface area contributed by atoms with Crippen LogP contribution in [0.25, 0.3) is 6.08 Å². The number of para-hydroxylation sites is 2. The van der Waals surface area contributed by atoms with E-state index in [4.69, 9.17) is 9.47 Å². The summed E-state index contributed by atoms with van der Waals surface area (Å²) < 4.78 is 11.9. The Morgan fingerprint density at radius 2 is 1.77 bits per heavy atom. The van der Waals surface area contributed by atoms with Gasteiger partial charge in [0, 0.05) is 3.57 Å². The zero-order valence-electron chi connectivity index (χ0n) is 14.0. The molecule has 0 atom stereocenters. The van der Waals surface area contributed by atoms with Gasteiger partial charge in [-0.1, -0.05) is 30.3 Å². The van der Waals surface area contributed by atoms with Crippen LogP contribution in [0.15, 0.2) is 53.4 Å². The molecule has 1 fully saturated rings. The average molecular weight is 481 g/mol. The first-order valence-electron chi connectivity index (χ1n) is 7.86. The monoisotopic (exact) mass is 481 g/mol. The molecule has 0 N–H and O–H groups in total. The molecule has 1 heterocycles. The van der Waals surface area contributed by atoms with Gasteiger partial charge < -0.3 is 9.47 Å². The van der Waals surface area contributed by atoms with E-state index in [0.29, 0.717) is 16.4 Å². The normalized spacial score (nSPS) is 15.6. The molecule has 1 aliphatic heterocycles. The minimum absolute atomic E-state index is 0.186. The highest BCUT2D eigenvalue weighted by molar-refractivity contribution is 14.1. The van der Waals surface area contributed by atoms with Crippen molar-refractivity contribution in [3.63, 3.8) is 0 Å². The van der Waals surface area contributed by atoms with Crippen LogP contribution in [-0.4, -0.2) is 36.3 Å². The quantitative estimate of drug-likeness (QED) is 0.452. The van der Waals surface area contributed by atoms with Crippen LogP contribution in [0.4, 0.5) is 4.79 Å². The van der Waals surface area contributed by atoms with E-state index in [1.54, 1.807) is 25.3 Å². The van der Waals surface area contributed by atoms with Gasteiger partial charge in [0.1, 0.15) is 6.61 Å². The third-order valence-electron chi connectivity index (χ3n) is 3.71. The highest BCUT2D eigenvalue weighted by Crippen LogP contribution is 2.33.